The van der Waals surface area contributed by atoms with Crippen LogP contribution in [0.3, 0.4) is 0 Å². The summed E-state index contributed by atoms with van der Waals surface area (Å²) < 4.78 is 0. The summed E-state index contributed by atoms with van der Waals surface area (Å²) in [5.41, 5.74) is 20.7. The Morgan fingerprint density at radius 3 is 0.826 bits per heavy atom. The van der Waals surface area contributed by atoms with Gasteiger partial charge in [-0.3, -0.25) is 0 Å². The van der Waals surface area contributed by atoms with Crippen LogP contribution in [0.2, 0.25) is 0 Å². The van der Waals surface area contributed by atoms with E-state index < -0.39 is 10.2 Å². The van der Waals surface area contributed by atoms with E-state index in [0.717, 1.165) is 26.2 Å². The van der Waals surface area contributed by atoms with Crippen molar-refractivity contribution in [2.75, 3.05) is 52.4 Å². The fraction of sp³-hybridized carbons (Fsp3) is 1.00. The monoisotopic (exact) mass is 389 g/mol. The predicted molar refractivity (Wildman–Crippen MR) is 82.7 cm³/mol. The molecule has 0 unspecified atom stereocenters. The minimum atomic E-state index is -1.75. The van der Waals surface area contributed by atoms with Crippen molar-refractivity contribution in [3.8, 4) is 0 Å². The van der Waals surface area contributed by atoms with Gasteiger partial charge in [-0.05, 0) is 0 Å². The number of nitrogens with two attached hydrogens (primary N) is 4. The van der Waals surface area contributed by atoms with E-state index in [1.807, 2.05) is 0 Å². The van der Waals surface area contributed by atoms with Crippen molar-refractivity contribution in [3.63, 3.8) is 0 Å². The Labute approximate surface area is 144 Å². The Kier molecular flexibility index (Phi) is 53.8. The fourth-order valence-corrected chi connectivity index (χ4v) is 0.658. The second kappa shape index (κ2) is 37.2. The molecular formula is C8H26CoN8O6. The van der Waals surface area contributed by atoms with Gasteiger partial charge in [0.25, 0.3) is 0 Å². The number of nitrogens with one attached hydrogen (secondary N) is 2. The molecule has 0 rings (SSSR count). The van der Waals surface area contributed by atoms with Crippen molar-refractivity contribution in [1.29, 1.82) is 0 Å². The van der Waals surface area contributed by atoms with Crippen molar-refractivity contribution in [3.05, 3.63) is 30.6 Å². The SMILES string of the molecule is NCCNCCN.NCCNCCN.O=[N+]([O-])[O-].O=[N+]([O-])[O-].[Co+2]. The average Bonchev–Trinajstić information content (AvgIpc) is 2.39. The first-order chi connectivity index (χ1) is 10.3. The van der Waals surface area contributed by atoms with Crippen LogP contribution in [0.25, 0.3) is 0 Å². The molecule has 0 spiro atoms. The largest absolute Gasteiger partial charge is 2.00 e. The van der Waals surface area contributed by atoms with Gasteiger partial charge >= 0.3 is 16.8 Å². The first kappa shape index (κ1) is 33.3. The van der Waals surface area contributed by atoms with Crippen LogP contribution in [0.5, 0.6) is 0 Å². The van der Waals surface area contributed by atoms with Gasteiger partial charge in [0.05, 0.1) is 10.2 Å². The van der Waals surface area contributed by atoms with Crippen LogP contribution in [0.4, 0.5) is 0 Å². The molecule has 143 valence electrons. The second-order valence-corrected chi connectivity index (χ2v) is 3.10. The van der Waals surface area contributed by atoms with Gasteiger partial charge in [-0.1, -0.05) is 0 Å². The van der Waals surface area contributed by atoms with Crippen molar-refractivity contribution in [1.82, 2.24) is 10.6 Å². The summed E-state index contributed by atoms with van der Waals surface area (Å²) in [6, 6.07) is 0. The molecule has 0 aliphatic heterocycles. The minimum Gasteiger partial charge on any atom is -0.356 e. The second-order valence-electron chi connectivity index (χ2n) is 3.10. The van der Waals surface area contributed by atoms with Crippen molar-refractivity contribution < 1.29 is 27.0 Å². The maximum Gasteiger partial charge on any atom is 2.00 e. The molecule has 0 aromatic heterocycles. The van der Waals surface area contributed by atoms with Gasteiger partial charge in [-0.25, -0.2) is 0 Å². The summed E-state index contributed by atoms with van der Waals surface area (Å²) in [6.07, 6.45) is 0. The Morgan fingerprint density at radius 1 is 0.609 bits per heavy atom. The van der Waals surface area contributed by atoms with Crippen LogP contribution in [0, 0.1) is 30.6 Å². The molecule has 10 N–H and O–H groups in total. The van der Waals surface area contributed by atoms with Gasteiger partial charge in [-0.15, -0.1) is 0 Å². The molecule has 23 heavy (non-hydrogen) atoms. The van der Waals surface area contributed by atoms with Gasteiger partial charge in [0, 0.05) is 52.4 Å². The van der Waals surface area contributed by atoms with Crippen LogP contribution in [-0.2, 0) is 16.8 Å². The number of hydrogen-bond donors (Lipinski definition) is 6. The van der Waals surface area contributed by atoms with E-state index in [4.69, 9.17) is 53.6 Å². The zero-order valence-corrected chi connectivity index (χ0v) is 13.7. The summed E-state index contributed by atoms with van der Waals surface area (Å²) in [7, 11) is 0. The summed E-state index contributed by atoms with van der Waals surface area (Å²) in [5, 5.41) is 35.6. The van der Waals surface area contributed by atoms with Crippen molar-refractivity contribution >= 4 is 0 Å². The average molecular weight is 389 g/mol. The Balaban J connectivity index is -0.0000000639. The molecule has 1 radical (unpaired) electrons. The molecule has 14 nitrogen and oxygen atoms in total. The van der Waals surface area contributed by atoms with E-state index >= 15 is 0 Å². The molecule has 0 bridgehead atoms. The Morgan fingerprint density at radius 2 is 0.739 bits per heavy atom. The third-order valence-electron chi connectivity index (χ3n) is 1.28. The van der Waals surface area contributed by atoms with Gasteiger partial charge in [0.15, 0.2) is 0 Å². The fourth-order valence-electron chi connectivity index (χ4n) is 0.658. The van der Waals surface area contributed by atoms with E-state index in [2.05, 4.69) is 10.6 Å². The molecule has 0 saturated heterocycles. The number of hydrogen-bond acceptors (Lipinski definition) is 12. The van der Waals surface area contributed by atoms with E-state index in [0.29, 0.717) is 26.2 Å². The first-order valence-corrected chi connectivity index (χ1v) is 6.14. The van der Waals surface area contributed by atoms with Gasteiger partial charge in [-0.2, -0.15) is 0 Å². The minimum absolute atomic E-state index is 0. The third-order valence-corrected chi connectivity index (χ3v) is 1.28. The van der Waals surface area contributed by atoms with Crippen LogP contribution >= 0.6 is 0 Å². The zero-order chi connectivity index (χ0) is 18.2. The molecule has 0 aromatic rings. The van der Waals surface area contributed by atoms with Gasteiger partial charge in [0.1, 0.15) is 0 Å². The van der Waals surface area contributed by atoms with Crippen molar-refractivity contribution in [2.45, 2.75) is 0 Å². The molecule has 0 heterocycles. The molecule has 0 saturated carbocycles. The normalized spacial score (nSPS) is 7.83. The molecule has 0 fully saturated rings. The summed E-state index contributed by atoms with van der Waals surface area (Å²) >= 11 is 0. The summed E-state index contributed by atoms with van der Waals surface area (Å²) in [6.45, 7) is 6.27. The predicted octanol–water partition coefficient (Wildman–Crippen LogP) is -3.49. The molecular weight excluding hydrogens is 363 g/mol. The first-order valence-electron chi connectivity index (χ1n) is 6.14. The van der Waals surface area contributed by atoms with Gasteiger partial charge in [0.2, 0.25) is 0 Å². The molecule has 0 atom stereocenters. The molecule has 0 amide bonds. The van der Waals surface area contributed by atoms with Crippen molar-refractivity contribution in [2.24, 2.45) is 22.9 Å². The van der Waals surface area contributed by atoms with Gasteiger partial charge < -0.3 is 64.2 Å². The zero-order valence-electron chi connectivity index (χ0n) is 12.6. The topological polar surface area (TPSA) is 261 Å². The molecule has 15 heteroatoms. The summed E-state index contributed by atoms with van der Waals surface area (Å²) in [4.78, 5) is 16.5. The smallest absolute Gasteiger partial charge is 0.356 e. The summed E-state index contributed by atoms with van der Waals surface area (Å²) in [5.74, 6) is 0. The standard InChI is InChI=1S/2C4H13N3.Co.2NO3/c2*5-1-3-7-4-2-6;;2*2-1(3)4/h2*7H,1-6H2;;;/q;;+2;2*-1. The van der Waals surface area contributed by atoms with E-state index in [1.165, 1.54) is 0 Å². The van der Waals surface area contributed by atoms with E-state index in [9.17, 15) is 0 Å². The molecule has 0 aliphatic rings. The molecule has 0 aromatic carbocycles. The maximum atomic E-state index is 8.25. The third kappa shape index (κ3) is 162. The van der Waals surface area contributed by atoms with Crippen LogP contribution in [-0.4, -0.2) is 62.5 Å². The van der Waals surface area contributed by atoms with Crippen LogP contribution in [0.15, 0.2) is 0 Å². The Hall–Kier alpha value is -1.33. The van der Waals surface area contributed by atoms with Crippen LogP contribution < -0.4 is 33.6 Å². The van der Waals surface area contributed by atoms with Crippen LogP contribution in [0.1, 0.15) is 0 Å². The Bertz CT molecular complexity index is 191. The maximum absolute atomic E-state index is 8.25. The van der Waals surface area contributed by atoms with E-state index in [-0.39, 0.29) is 16.8 Å². The number of nitrogens with zero attached hydrogens (tertiary/aromatic N) is 2. The quantitative estimate of drug-likeness (QED) is 0.134. The number of rotatable bonds is 8. The molecule has 0 aliphatic carbocycles. The van der Waals surface area contributed by atoms with E-state index in [1.54, 1.807) is 0 Å².